The number of nitrogens with zero attached hydrogens (tertiary/aromatic N) is 1. The van der Waals surface area contributed by atoms with E-state index in [-0.39, 0.29) is 18.6 Å². The van der Waals surface area contributed by atoms with Crippen molar-refractivity contribution in [2.45, 2.75) is 12.8 Å². The average molecular weight is 269 g/mol. The molecule has 1 aliphatic heterocycles. The zero-order chi connectivity index (χ0) is 13.0. The van der Waals surface area contributed by atoms with Gasteiger partial charge in [-0.2, -0.15) is 0 Å². The Bertz CT molecular complexity index is 425. The molecule has 0 unspecified atom stereocenters. The Balaban J connectivity index is 1.95. The maximum atomic E-state index is 12.0. The van der Waals surface area contributed by atoms with Crippen molar-refractivity contribution in [2.75, 3.05) is 25.0 Å². The van der Waals surface area contributed by atoms with Gasteiger partial charge in [0.1, 0.15) is 0 Å². The zero-order valence-corrected chi connectivity index (χ0v) is 10.9. The molecule has 0 spiro atoms. The van der Waals surface area contributed by atoms with E-state index < -0.39 is 0 Å². The van der Waals surface area contributed by atoms with Crippen LogP contribution in [0.3, 0.4) is 0 Å². The minimum atomic E-state index is -0.129. The van der Waals surface area contributed by atoms with Crippen LogP contribution in [-0.4, -0.2) is 35.7 Å². The summed E-state index contributed by atoms with van der Waals surface area (Å²) in [5.74, 6) is 0.198. The van der Waals surface area contributed by atoms with Crippen molar-refractivity contribution >= 4 is 23.3 Å². The van der Waals surface area contributed by atoms with Crippen molar-refractivity contribution in [3.05, 3.63) is 29.3 Å². The van der Waals surface area contributed by atoms with Crippen molar-refractivity contribution in [3.63, 3.8) is 0 Å². The lowest BCUT2D eigenvalue weighted by Crippen LogP contribution is -2.43. The summed E-state index contributed by atoms with van der Waals surface area (Å²) in [7, 11) is 0. The summed E-state index contributed by atoms with van der Waals surface area (Å²) < 4.78 is 0. The number of aliphatic hydroxyl groups excluding tert-OH is 1. The van der Waals surface area contributed by atoms with Crippen molar-refractivity contribution in [3.8, 4) is 0 Å². The molecule has 0 saturated carbocycles. The van der Waals surface area contributed by atoms with Gasteiger partial charge in [0.25, 0.3) is 0 Å². The van der Waals surface area contributed by atoms with Gasteiger partial charge < -0.3 is 15.3 Å². The molecule has 98 valence electrons. The molecule has 1 heterocycles. The number of nitrogens with one attached hydrogen (secondary N) is 1. The lowest BCUT2D eigenvalue weighted by Gasteiger charge is -2.31. The van der Waals surface area contributed by atoms with Crippen LogP contribution < -0.4 is 5.32 Å². The Kier molecular flexibility index (Phi) is 4.44. The quantitative estimate of drug-likeness (QED) is 0.866. The fourth-order valence-electron chi connectivity index (χ4n) is 2.17. The molecule has 2 rings (SSSR count). The molecule has 0 aromatic heterocycles. The van der Waals surface area contributed by atoms with Crippen molar-refractivity contribution in [2.24, 2.45) is 5.92 Å². The number of urea groups is 1. The first-order chi connectivity index (χ1) is 8.69. The van der Waals surface area contributed by atoms with E-state index in [0.29, 0.717) is 17.3 Å². The molecule has 0 aliphatic carbocycles. The first kappa shape index (κ1) is 13.2. The van der Waals surface area contributed by atoms with Crippen molar-refractivity contribution < 1.29 is 9.90 Å². The lowest BCUT2D eigenvalue weighted by molar-refractivity contribution is 0.136. The monoisotopic (exact) mass is 268 g/mol. The second-order valence-electron chi connectivity index (χ2n) is 4.58. The molecule has 2 amide bonds. The molecule has 0 bridgehead atoms. The number of benzene rings is 1. The highest BCUT2D eigenvalue weighted by atomic mass is 35.5. The lowest BCUT2D eigenvalue weighted by atomic mass is 9.99. The van der Waals surface area contributed by atoms with Gasteiger partial charge in [-0.25, -0.2) is 4.79 Å². The van der Waals surface area contributed by atoms with Crippen LogP contribution in [0.25, 0.3) is 0 Å². The zero-order valence-electron chi connectivity index (χ0n) is 10.1. The van der Waals surface area contributed by atoms with E-state index in [2.05, 4.69) is 5.32 Å². The number of hydrogen-bond donors (Lipinski definition) is 2. The Morgan fingerprint density at radius 2 is 2.39 bits per heavy atom. The van der Waals surface area contributed by atoms with E-state index in [0.717, 1.165) is 19.4 Å². The number of carbonyl (C=O) groups excluding carboxylic acids is 1. The standard InChI is InChI=1S/C13H17ClN2O2/c14-11-4-1-5-12(7-11)15-13(18)16-6-2-3-10(8-16)9-17/h1,4-5,7,10,17H,2-3,6,8-9H2,(H,15,18)/t10-/m1/s1. The highest BCUT2D eigenvalue weighted by molar-refractivity contribution is 6.30. The van der Waals surface area contributed by atoms with Gasteiger partial charge in [-0.05, 0) is 37.0 Å². The van der Waals surface area contributed by atoms with E-state index in [4.69, 9.17) is 16.7 Å². The number of amides is 2. The number of anilines is 1. The van der Waals surface area contributed by atoms with Crippen LogP contribution in [0.1, 0.15) is 12.8 Å². The predicted octanol–water partition coefficient (Wildman–Crippen LogP) is 2.58. The third-order valence-corrected chi connectivity index (χ3v) is 3.38. The van der Waals surface area contributed by atoms with Crippen molar-refractivity contribution in [1.82, 2.24) is 4.90 Å². The summed E-state index contributed by atoms with van der Waals surface area (Å²) in [6, 6.07) is 6.95. The molecule has 0 radical (unpaired) electrons. The van der Waals surface area contributed by atoms with Gasteiger partial charge in [0, 0.05) is 30.4 Å². The fourth-order valence-corrected chi connectivity index (χ4v) is 2.36. The molecule has 18 heavy (non-hydrogen) atoms. The van der Waals surface area contributed by atoms with Crippen molar-refractivity contribution in [1.29, 1.82) is 0 Å². The molecule has 1 atom stereocenters. The summed E-state index contributed by atoms with van der Waals surface area (Å²) in [6.07, 6.45) is 1.92. The highest BCUT2D eigenvalue weighted by Crippen LogP contribution is 2.19. The minimum Gasteiger partial charge on any atom is -0.396 e. The Hall–Kier alpha value is -1.26. The minimum absolute atomic E-state index is 0.129. The number of hydrogen-bond acceptors (Lipinski definition) is 2. The van der Waals surface area contributed by atoms with E-state index in [9.17, 15) is 4.79 Å². The van der Waals surface area contributed by atoms with Gasteiger partial charge >= 0.3 is 6.03 Å². The van der Waals surface area contributed by atoms with E-state index in [1.54, 1.807) is 29.2 Å². The summed E-state index contributed by atoms with van der Waals surface area (Å²) >= 11 is 5.86. The molecule has 1 aliphatic rings. The molecule has 1 saturated heterocycles. The average Bonchev–Trinajstić information content (AvgIpc) is 2.39. The summed E-state index contributed by atoms with van der Waals surface area (Å²) in [5, 5.41) is 12.6. The second-order valence-corrected chi connectivity index (χ2v) is 5.01. The Labute approximate surface area is 112 Å². The second kappa shape index (κ2) is 6.07. The smallest absolute Gasteiger partial charge is 0.321 e. The summed E-state index contributed by atoms with van der Waals surface area (Å²) in [5.41, 5.74) is 0.693. The molecular weight excluding hydrogens is 252 g/mol. The third-order valence-electron chi connectivity index (χ3n) is 3.14. The largest absolute Gasteiger partial charge is 0.396 e. The molecular formula is C13H17ClN2O2. The maximum Gasteiger partial charge on any atom is 0.321 e. The molecule has 5 heteroatoms. The number of likely N-dealkylation sites (tertiary alicyclic amines) is 1. The normalized spacial score (nSPS) is 19.7. The molecule has 2 N–H and O–H groups in total. The number of rotatable bonds is 2. The number of aliphatic hydroxyl groups is 1. The maximum absolute atomic E-state index is 12.0. The molecule has 4 nitrogen and oxygen atoms in total. The first-order valence-electron chi connectivity index (χ1n) is 6.11. The van der Waals surface area contributed by atoms with Crippen LogP contribution in [0.15, 0.2) is 24.3 Å². The van der Waals surface area contributed by atoms with E-state index in [1.807, 2.05) is 0 Å². The van der Waals surface area contributed by atoms with E-state index >= 15 is 0 Å². The summed E-state index contributed by atoms with van der Waals surface area (Å²) in [4.78, 5) is 13.8. The van der Waals surface area contributed by atoms with Gasteiger partial charge in [0.2, 0.25) is 0 Å². The van der Waals surface area contributed by atoms with Gasteiger partial charge in [0.15, 0.2) is 0 Å². The molecule has 1 aromatic rings. The Morgan fingerprint density at radius 3 is 3.11 bits per heavy atom. The van der Waals surface area contributed by atoms with Crippen LogP contribution in [0.4, 0.5) is 10.5 Å². The topological polar surface area (TPSA) is 52.6 Å². The van der Waals surface area contributed by atoms with Gasteiger partial charge in [-0.3, -0.25) is 0 Å². The fraction of sp³-hybridized carbons (Fsp3) is 0.462. The first-order valence-corrected chi connectivity index (χ1v) is 6.49. The summed E-state index contributed by atoms with van der Waals surface area (Å²) in [6.45, 7) is 1.49. The van der Waals surface area contributed by atoms with Crippen LogP contribution in [0.5, 0.6) is 0 Å². The van der Waals surface area contributed by atoms with Crippen LogP contribution in [0.2, 0.25) is 5.02 Å². The van der Waals surface area contributed by atoms with Crippen LogP contribution >= 0.6 is 11.6 Å². The van der Waals surface area contributed by atoms with Gasteiger partial charge in [-0.1, -0.05) is 17.7 Å². The SMILES string of the molecule is O=C(Nc1cccc(Cl)c1)N1CCC[C@@H](CO)C1. The van der Waals surface area contributed by atoms with Gasteiger partial charge in [0.05, 0.1) is 0 Å². The number of carbonyl (C=O) groups is 1. The highest BCUT2D eigenvalue weighted by Gasteiger charge is 2.22. The molecule has 1 fully saturated rings. The predicted molar refractivity (Wildman–Crippen MR) is 71.9 cm³/mol. The third kappa shape index (κ3) is 3.37. The number of halogens is 1. The Morgan fingerprint density at radius 1 is 1.56 bits per heavy atom. The van der Waals surface area contributed by atoms with Crippen LogP contribution in [0, 0.1) is 5.92 Å². The number of piperidine rings is 1. The molecule has 1 aromatic carbocycles. The van der Waals surface area contributed by atoms with E-state index in [1.165, 1.54) is 0 Å². The van der Waals surface area contributed by atoms with Crippen LogP contribution in [-0.2, 0) is 0 Å². The van der Waals surface area contributed by atoms with Gasteiger partial charge in [-0.15, -0.1) is 0 Å².